The molecule has 0 unspecified atom stereocenters. The fraction of sp³-hybridized carbons (Fsp3) is 0.567. The highest BCUT2D eigenvalue weighted by molar-refractivity contribution is 5.71. The monoisotopic (exact) mass is 496 g/mol. The Morgan fingerprint density at radius 1 is 1.08 bits per heavy atom. The topological polar surface area (TPSA) is 74.2 Å². The maximum Gasteiger partial charge on any atom is 0.309 e. The second-order valence-corrected chi connectivity index (χ2v) is 11.6. The number of aliphatic carboxylic acids is 1. The van der Waals surface area contributed by atoms with Crippen molar-refractivity contribution in [2.75, 3.05) is 13.2 Å². The quantitative estimate of drug-likeness (QED) is 0.417. The van der Waals surface area contributed by atoms with E-state index in [0.717, 1.165) is 29.9 Å². The van der Waals surface area contributed by atoms with Crippen LogP contribution in [0.5, 0.6) is 17.2 Å². The first-order valence-corrected chi connectivity index (χ1v) is 13.1. The Hall–Kier alpha value is -2.73. The van der Waals surface area contributed by atoms with Crippen molar-refractivity contribution in [3.63, 3.8) is 0 Å². The molecule has 0 spiro atoms. The van der Waals surface area contributed by atoms with Crippen molar-refractivity contribution < 1.29 is 28.8 Å². The summed E-state index contributed by atoms with van der Waals surface area (Å²) in [6.07, 6.45) is 1.61. The van der Waals surface area contributed by atoms with E-state index in [1.165, 1.54) is 5.56 Å². The Labute approximate surface area is 214 Å². The second kappa shape index (κ2) is 10.3. The van der Waals surface area contributed by atoms with Crippen molar-refractivity contribution in [2.24, 2.45) is 11.8 Å². The smallest absolute Gasteiger partial charge is 0.309 e. The van der Waals surface area contributed by atoms with Crippen molar-refractivity contribution in [3.05, 3.63) is 53.6 Å². The highest BCUT2D eigenvalue weighted by Gasteiger charge is 2.52. The van der Waals surface area contributed by atoms with Gasteiger partial charge in [-0.1, -0.05) is 46.2 Å². The number of hydrogen-bond donors (Lipinski definition) is 1. The molecule has 4 rings (SSSR count). The molecule has 0 saturated carbocycles. The van der Waals surface area contributed by atoms with Crippen LogP contribution in [0.4, 0.5) is 0 Å². The Kier molecular flexibility index (Phi) is 7.56. The van der Waals surface area contributed by atoms with Gasteiger partial charge in [0.2, 0.25) is 0 Å². The summed E-state index contributed by atoms with van der Waals surface area (Å²) in [5.74, 6) is 0.573. The van der Waals surface area contributed by atoms with Gasteiger partial charge in [0.05, 0.1) is 18.6 Å². The van der Waals surface area contributed by atoms with Crippen LogP contribution in [-0.4, -0.2) is 36.0 Å². The zero-order valence-electron chi connectivity index (χ0n) is 22.4. The summed E-state index contributed by atoms with van der Waals surface area (Å²) in [6.45, 7) is 13.5. The molecule has 0 bridgehead atoms. The molecule has 2 aliphatic rings. The number of rotatable bonds is 8. The minimum Gasteiger partial charge on any atom is -0.494 e. The zero-order valence-corrected chi connectivity index (χ0v) is 22.4. The summed E-state index contributed by atoms with van der Waals surface area (Å²) in [5, 5.41) is 10.1. The van der Waals surface area contributed by atoms with Crippen molar-refractivity contribution >= 4 is 5.97 Å². The summed E-state index contributed by atoms with van der Waals surface area (Å²) in [4.78, 5) is 12.3. The Morgan fingerprint density at radius 3 is 2.42 bits per heavy atom. The molecule has 2 heterocycles. The molecule has 4 atom stereocenters. The highest BCUT2D eigenvalue weighted by atomic mass is 16.6. The van der Waals surface area contributed by atoms with Gasteiger partial charge in [-0.3, -0.25) is 4.79 Å². The number of carboxylic acids is 1. The average Bonchev–Trinajstić information content (AvgIpc) is 2.82. The number of carbonyl (C=O) groups is 1. The first kappa shape index (κ1) is 26.3. The van der Waals surface area contributed by atoms with Crippen molar-refractivity contribution in [2.45, 2.75) is 84.0 Å². The second-order valence-electron chi connectivity index (χ2n) is 11.6. The molecule has 0 aromatic heterocycles. The lowest BCUT2D eigenvalue weighted by molar-refractivity contribution is -0.192. The van der Waals surface area contributed by atoms with Gasteiger partial charge in [0, 0.05) is 11.5 Å². The number of fused-ring (bicyclic) bond motifs is 3. The maximum absolute atomic E-state index is 12.3. The van der Waals surface area contributed by atoms with Gasteiger partial charge in [-0.25, -0.2) is 0 Å². The third-order valence-electron chi connectivity index (χ3n) is 7.42. The van der Waals surface area contributed by atoms with Gasteiger partial charge in [-0.05, 0) is 68.0 Å². The van der Waals surface area contributed by atoms with Crippen LogP contribution in [0.3, 0.4) is 0 Å². The molecule has 2 aromatic carbocycles. The molecule has 1 saturated heterocycles. The van der Waals surface area contributed by atoms with Crippen LogP contribution in [0.2, 0.25) is 0 Å². The summed E-state index contributed by atoms with van der Waals surface area (Å²) >= 11 is 0. The van der Waals surface area contributed by atoms with E-state index in [1.54, 1.807) is 0 Å². The minimum absolute atomic E-state index is 0.0524. The van der Waals surface area contributed by atoms with Crippen LogP contribution in [0, 0.1) is 11.8 Å². The van der Waals surface area contributed by atoms with Crippen molar-refractivity contribution in [1.29, 1.82) is 0 Å². The SMILES string of the molecule is CCCCOc1ccc2c(c1)[C@H]1O[C@@H](COc3ccc(C(C)(C)C)cc3)[C@@H](C(=O)O)C[C@@H]1C(C)(C)O2. The third-order valence-corrected chi connectivity index (χ3v) is 7.42. The van der Waals surface area contributed by atoms with Gasteiger partial charge >= 0.3 is 5.97 Å². The lowest BCUT2D eigenvalue weighted by Crippen LogP contribution is -2.53. The molecule has 1 fully saturated rings. The van der Waals surface area contributed by atoms with Crippen LogP contribution in [-0.2, 0) is 14.9 Å². The standard InChI is InChI=1S/C30H40O6/c1-7-8-15-33-21-13-14-25-22(16-21)27-24(30(5,6)36-25)17-23(28(31)32)26(35-27)18-34-20-11-9-19(10-12-20)29(2,3)4/h9-14,16,23-24,26-27H,7-8,15,17-18H2,1-6H3,(H,31,32)/t23-,24-,26-,27+/m0/s1. The van der Waals surface area contributed by atoms with Gasteiger partial charge in [0.15, 0.2) is 0 Å². The molecule has 196 valence electrons. The molecular weight excluding hydrogens is 456 g/mol. The first-order valence-electron chi connectivity index (χ1n) is 13.1. The van der Waals surface area contributed by atoms with Crippen LogP contribution in [0.1, 0.15) is 78.0 Å². The Balaban J connectivity index is 1.56. The molecule has 0 aliphatic carbocycles. The van der Waals surface area contributed by atoms with E-state index < -0.39 is 23.6 Å². The average molecular weight is 497 g/mol. The molecule has 6 heteroatoms. The predicted molar refractivity (Wildman–Crippen MR) is 139 cm³/mol. The zero-order chi connectivity index (χ0) is 26.1. The van der Waals surface area contributed by atoms with Crippen LogP contribution in [0.25, 0.3) is 0 Å². The normalized spacial score (nSPS) is 24.7. The van der Waals surface area contributed by atoms with E-state index >= 15 is 0 Å². The van der Waals surface area contributed by atoms with Gasteiger partial charge in [0.25, 0.3) is 0 Å². The molecule has 0 radical (unpaired) electrons. The Morgan fingerprint density at radius 2 is 1.78 bits per heavy atom. The summed E-state index contributed by atoms with van der Waals surface area (Å²) in [7, 11) is 0. The predicted octanol–water partition coefficient (Wildman–Crippen LogP) is 6.56. The number of unbranched alkanes of at least 4 members (excludes halogenated alkanes) is 1. The van der Waals surface area contributed by atoms with Crippen LogP contribution in [0.15, 0.2) is 42.5 Å². The van der Waals surface area contributed by atoms with E-state index in [4.69, 9.17) is 18.9 Å². The summed E-state index contributed by atoms with van der Waals surface area (Å²) in [5.41, 5.74) is 1.62. The molecule has 36 heavy (non-hydrogen) atoms. The van der Waals surface area contributed by atoms with Gasteiger partial charge in [-0.15, -0.1) is 0 Å². The van der Waals surface area contributed by atoms with Crippen molar-refractivity contribution in [1.82, 2.24) is 0 Å². The lowest BCUT2D eigenvalue weighted by atomic mass is 9.72. The van der Waals surface area contributed by atoms with Crippen LogP contribution < -0.4 is 14.2 Å². The van der Waals surface area contributed by atoms with E-state index in [2.05, 4.69) is 39.8 Å². The first-order chi connectivity index (χ1) is 17.0. The molecule has 2 aliphatic heterocycles. The summed E-state index contributed by atoms with van der Waals surface area (Å²) in [6, 6.07) is 13.8. The number of hydrogen-bond acceptors (Lipinski definition) is 5. The van der Waals surface area contributed by atoms with E-state index in [9.17, 15) is 9.90 Å². The van der Waals surface area contributed by atoms with E-state index in [-0.39, 0.29) is 24.0 Å². The third kappa shape index (κ3) is 5.64. The highest BCUT2D eigenvalue weighted by Crippen LogP contribution is 2.52. The van der Waals surface area contributed by atoms with Crippen LogP contribution >= 0.6 is 0 Å². The van der Waals surface area contributed by atoms with E-state index in [0.29, 0.717) is 18.8 Å². The summed E-state index contributed by atoms with van der Waals surface area (Å²) < 4.78 is 24.9. The number of benzene rings is 2. The lowest BCUT2D eigenvalue weighted by Gasteiger charge is -2.50. The minimum atomic E-state index is -0.872. The largest absolute Gasteiger partial charge is 0.494 e. The van der Waals surface area contributed by atoms with Gasteiger partial charge in [-0.2, -0.15) is 0 Å². The molecule has 1 N–H and O–H groups in total. The molecule has 2 aromatic rings. The van der Waals surface area contributed by atoms with Crippen molar-refractivity contribution in [3.8, 4) is 17.2 Å². The van der Waals surface area contributed by atoms with Gasteiger partial charge < -0.3 is 24.1 Å². The van der Waals surface area contributed by atoms with E-state index in [1.807, 2.05) is 44.2 Å². The molecular formula is C30H40O6. The maximum atomic E-state index is 12.3. The number of ether oxygens (including phenoxy) is 4. The Bertz CT molecular complexity index is 1050. The fourth-order valence-corrected chi connectivity index (χ4v) is 5.14. The molecule has 0 amide bonds. The van der Waals surface area contributed by atoms with Gasteiger partial charge in [0.1, 0.15) is 35.6 Å². The number of carboxylic acid groups (broad SMARTS) is 1. The molecule has 6 nitrogen and oxygen atoms in total. The fourth-order valence-electron chi connectivity index (χ4n) is 5.14.